The maximum absolute atomic E-state index is 11.1. The highest BCUT2D eigenvalue weighted by atomic mass is 16.5. The molecular formula is C14H16O3. The van der Waals surface area contributed by atoms with E-state index in [0.717, 1.165) is 11.3 Å². The molecule has 0 radical (unpaired) electrons. The van der Waals surface area contributed by atoms with Crippen molar-refractivity contribution in [3.8, 4) is 17.6 Å². The van der Waals surface area contributed by atoms with Crippen molar-refractivity contribution in [2.75, 3.05) is 7.11 Å². The topological polar surface area (TPSA) is 46.5 Å². The van der Waals surface area contributed by atoms with Crippen LogP contribution in [0.5, 0.6) is 5.75 Å². The van der Waals surface area contributed by atoms with Crippen LogP contribution in [0.25, 0.3) is 0 Å². The minimum absolute atomic E-state index is 0.365. The summed E-state index contributed by atoms with van der Waals surface area (Å²) in [7, 11) is 1.58. The highest BCUT2D eigenvalue weighted by Gasteiger charge is 2.18. The van der Waals surface area contributed by atoms with Gasteiger partial charge in [0.05, 0.1) is 13.0 Å². The van der Waals surface area contributed by atoms with Gasteiger partial charge in [-0.2, -0.15) is 0 Å². The van der Waals surface area contributed by atoms with Gasteiger partial charge in [0.2, 0.25) is 0 Å². The fourth-order valence-electron chi connectivity index (χ4n) is 1.61. The molecule has 1 rings (SSSR count). The van der Waals surface area contributed by atoms with Gasteiger partial charge in [-0.25, -0.2) is 0 Å². The molecule has 0 fully saturated rings. The molecule has 0 saturated carbocycles. The normalized spacial score (nSPS) is 11.2. The van der Waals surface area contributed by atoms with Crippen molar-refractivity contribution in [1.82, 2.24) is 0 Å². The molecule has 17 heavy (non-hydrogen) atoms. The highest BCUT2D eigenvalue weighted by Crippen LogP contribution is 2.22. The first-order valence-electron chi connectivity index (χ1n) is 5.43. The molecule has 3 nitrogen and oxygen atoms in total. The van der Waals surface area contributed by atoms with Gasteiger partial charge in [0.15, 0.2) is 0 Å². The Bertz CT molecular complexity index is 440. The van der Waals surface area contributed by atoms with Crippen molar-refractivity contribution in [3.63, 3.8) is 0 Å². The van der Waals surface area contributed by atoms with Crippen LogP contribution in [-0.4, -0.2) is 18.2 Å². The van der Waals surface area contributed by atoms with E-state index in [1.54, 1.807) is 14.0 Å². The lowest BCUT2D eigenvalue weighted by Crippen LogP contribution is -2.16. The molecule has 90 valence electrons. The molecule has 0 aliphatic rings. The van der Waals surface area contributed by atoms with Gasteiger partial charge in [-0.1, -0.05) is 18.2 Å². The third kappa shape index (κ3) is 3.84. The highest BCUT2D eigenvalue weighted by molar-refractivity contribution is 5.71. The lowest BCUT2D eigenvalue weighted by molar-refractivity contribution is -0.141. The van der Waals surface area contributed by atoms with Crippen molar-refractivity contribution in [3.05, 3.63) is 29.8 Å². The van der Waals surface area contributed by atoms with E-state index in [1.807, 2.05) is 24.3 Å². The summed E-state index contributed by atoms with van der Waals surface area (Å²) >= 11 is 0. The monoisotopic (exact) mass is 232 g/mol. The Hall–Kier alpha value is -1.95. The van der Waals surface area contributed by atoms with E-state index >= 15 is 0 Å². The minimum atomic E-state index is -0.821. The second-order valence-corrected chi connectivity index (χ2v) is 3.68. The Balaban J connectivity index is 2.84. The van der Waals surface area contributed by atoms with Crippen molar-refractivity contribution in [2.24, 2.45) is 5.92 Å². The average molecular weight is 232 g/mol. The van der Waals surface area contributed by atoms with Crippen molar-refractivity contribution >= 4 is 5.97 Å². The summed E-state index contributed by atoms with van der Waals surface area (Å²) in [4.78, 5) is 11.1. The molecule has 1 aromatic rings. The van der Waals surface area contributed by atoms with Crippen LogP contribution >= 0.6 is 0 Å². The molecule has 3 heteroatoms. The number of hydrogen-bond donors (Lipinski definition) is 1. The van der Waals surface area contributed by atoms with Crippen LogP contribution in [0.1, 0.15) is 18.9 Å². The van der Waals surface area contributed by atoms with Crippen LogP contribution in [0.3, 0.4) is 0 Å². The van der Waals surface area contributed by atoms with E-state index < -0.39 is 11.9 Å². The summed E-state index contributed by atoms with van der Waals surface area (Å²) in [6.07, 6.45) is 0.803. The summed E-state index contributed by atoms with van der Waals surface area (Å²) in [6.45, 7) is 1.71. The van der Waals surface area contributed by atoms with Gasteiger partial charge in [-0.05, 0) is 25.0 Å². The number of carboxylic acids is 1. The summed E-state index contributed by atoms with van der Waals surface area (Å²) in [5.41, 5.74) is 0.903. The molecule has 0 aliphatic heterocycles. The van der Waals surface area contributed by atoms with Crippen LogP contribution in [0.2, 0.25) is 0 Å². The Morgan fingerprint density at radius 1 is 1.47 bits per heavy atom. The first kappa shape index (κ1) is 13.1. The fourth-order valence-corrected chi connectivity index (χ4v) is 1.61. The first-order valence-corrected chi connectivity index (χ1v) is 5.43. The minimum Gasteiger partial charge on any atom is -0.496 e. The molecule has 0 heterocycles. The molecule has 0 aromatic heterocycles. The molecule has 0 spiro atoms. The van der Waals surface area contributed by atoms with E-state index in [4.69, 9.17) is 9.84 Å². The van der Waals surface area contributed by atoms with Gasteiger partial charge in [-0.3, -0.25) is 4.79 Å². The molecule has 0 saturated heterocycles. The Labute approximate surface area is 101 Å². The summed E-state index contributed by atoms with van der Waals surface area (Å²) in [6, 6.07) is 7.46. The largest absolute Gasteiger partial charge is 0.496 e. The standard InChI is InChI=1S/C14H16O3/c1-3-4-7-12(14(15)16)10-11-8-5-6-9-13(11)17-2/h5-6,8-9,12H,7,10H2,1-2H3,(H,15,16). The molecule has 1 N–H and O–H groups in total. The zero-order chi connectivity index (χ0) is 12.7. The number of methoxy groups -OCH3 is 1. The quantitative estimate of drug-likeness (QED) is 0.793. The number of para-hydroxylation sites is 1. The van der Waals surface area contributed by atoms with E-state index in [-0.39, 0.29) is 0 Å². The van der Waals surface area contributed by atoms with Crippen LogP contribution < -0.4 is 4.74 Å². The SMILES string of the molecule is CC#CCC(Cc1ccccc1OC)C(=O)O. The third-order valence-corrected chi connectivity index (χ3v) is 2.53. The van der Waals surface area contributed by atoms with Crippen LogP contribution in [0, 0.1) is 17.8 Å². The van der Waals surface area contributed by atoms with E-state index in [2.05, 4.69) is 11.8 Å². The number of hydrogen-bond acceptors (Lipinski definition) is 2. The second-order valence-electron chi connectivity index (χ2n) is 3.68. The Morgan fingerprint density at radius 2 is 2.18 bits per heavy atom. The van der Waals surface area contributed by atoms with Crippen LogP contribution in [0.4, 0.5) is 0 Å². The number of carboxylic acid groups (broad SMARTS) is 1. The molecule has 1 atom stereocenters. The molecule has 0 amide bonds. The summed E-state index contributed by atoms with van der Waals surface area (Å²) in [5.74, 6) is 4.96. The number of benzene rings is 1. The Morgan fingerprint density at radius 3 is 2.76 bits per heavy atom. The van der Waals surface area contributed by atoms with Gasteiger partial charge in [0.1, 0.15) is 5.75 Å². The predicted octanol–water partition coefficient (Wildman–Crippen LogP) is 2.35. The average Bonchev–Trinajstić information content (AvgIpc) is 2.34. The number of carbonyl (C=O) groups is 1. The van der Waals surface area contributed by atoms with Gasteiger partial charge in [0, 0.05) is 6.42 Å². The molecule has 0 bridgehead atoms. The Kier molecular flexibility index (Phi) is 5.09. The van der Waals surface area contributed by atoms with Gasteiger partial charge < -0.3 is 9.84 Å². The third-order valence-electron chi connectivity index (χ3n) is 2.53. The number of rotatable bonds is 5. The smallest absolute Gasteiger partial charge is 0.307 e. The second kappa shape index (κ2) is 6.59. The maximum Gasteiger partial charge on any atom is 0.307 e. The summed E-state index contributed by atoms with van der Waals surface area (Å²) in [5, 5.41) is 9.12. The van der Waals surface area contributed by atoms with Gasteiger partial charge in [0.25, 0.3) is 0 Å². The maximum atomic E-state index is 11.1. The molecular weight excluding hydrogens is 216 g/mol. The number of ether oxygens (including phenoxy) is 1. The molecule has 1 aromatic carbocycles. The van der Waals surface area contributed by atoms with Crippen molar-refractivity contribution in [2.45, 2.75) is 19.8 Å². The molecule has 1 unspecified atom stereocenters. The lowest BCUT2D eigenvalue weighted by Gasteiger charge is -2.12. The van der Waals surface area contributed by atoms with Crippen LogP contribution in [0.15, 0.2) is 24.3 Å². The van der Waals surface area contributed by atoms with E-state index in [0.29, 0.717) is 12.8 Å². The first-order chi connectivity index (χ1) is 8.19. The van der Waals surface area contributed by atoms with Crippen LogP contribution in [-0.2, 0) is 11.2 Å². The van der Waals surface area contributed by atoms with E-state index in [1.165, 1.54) is 0 Å². The summed E-state index contributed by atoms with van der Waals surface area (Å²) < 4.78 is 5.20. The zero-order valence-electron chi connectivity index (χ0n) is 10.1. The predicted molar refractivity (Wildman–Crippen MR) is 65.9 cm³/mol. The van der Waals surface area contributed by atoms with Gasteiger partial charge in [-0.15, -0.1) is 11.8 Å². The molecule has 0 aliphatic carbocycles. The number of aliphatic carboxylic acids is 1. The van der Waals surface area contributed by atoms with Crippen molar-refractivity contribution in [1.29, 1.82) is 0 Å². The van der Waals surface area contributed by atoms with Crippen molar-refractivity contribution < 1.29 is 14.6 Å². The fraction of sp³-hybridized carbons (Fsp3) is 0.357. The van der Waals surface area contributed by atoms with Gasteiger partial charge >= 0.3 is 5.97 Å². The van der Waals surface area contributed by atoms with E-state index in [9.17, 15) is 4.79 Å². The lowest BCUT2D eigenvalue weighted by atomic mass is 9.96. The zero-order valence-corrected chi connectivity index (χ0v) is 10.1.